The highest BCUT2D eigenvalue weighted by Gasteiger charge is 2.28. The minimum absolute atomic E-state index is 0.0294. The molecule has 23 heavy (non-hydrogen) atoms. The van der Waals surface area contributed by atoms with Crippen molar-refractivity contribution < 1.29 is 9.53 Å². The average molecular weight is 330 g/mol. The number of nitrogens with zero attached hydrogens (tertiary/aromatic N) is 1. The number of benzene rings is 1. The lowest BCUT2D eigenvalue weighted by atomic mass is 9.89. The molecule has 1 fully saturated rings. The molecular weight excluding hydrogens is 308 g/mol. The number of hydrogen-bond donors (Lipinski definition) is 1. The van der Waals surface area contributed by atoms with Crippen LogP contribution in [-0.2, 0) is 4.74 Å². The molecular formula is C18H22N2O2S. The molecule has 2 aromatic rings. The largest absolute Gasteiger partial charge is 0.373 e. The van der Waals surface area contributed by atoms with E-state index in [9.17, 15) is 4.79 Å². The van der Waals surface area contributed by atoms with Crippen LogP contribution in [0.3, 0.4) is 0 Å². The number of thiazole rings is 1. The van der Waals surface area contributed by atoms with Gasteiger partial charge >= 0.3 is 0 Å². The van der Waals surface area contributed by atoms with E-state index < -0.39 is 0 Å². The summed E-state index contributed by atoms with van der Waals surface area (Å²) in [5.74, 6) is 0.280. The monoisotopic (exact) mass is 330 g/mol. The third-order valence-electron chi connectivity index (χ3n) is 4.33. The first-order valence-corrected chi connectivity index (χ1v) is 8.89. The van der Waals surface area contributed by atoms with Gasteiger partial charge in [0.25, 0.3) is 5.91 Å². The van der Waals surface area contributed by atoms with Crippen LogP contribution in [0.4, 0.5) is 0 Å². The molecule has 1 aliphatic heterocycles. The van der Waals surface area contributed by atoms with Crippen LogP contribution in [0.15, 0.2) is 29.8 Å². The van der Waals surface area contributed by atoms with Crippen LogP contribution < -0.4 is 5.32 Å². The van der Waals surface area contributed by atoms with Crippen LogP contribution in [0.1, 0.15) is 45.4 Å². The lowest BCUT2D eigenvalue weighted by Crippen LogP contribution is -2.35. The Balaban J connectivity index is 1.66. The van der Waals surface area contributed by atoms with Gasteiger partial charge in [-0.15, -0.1) is 11.3 Å². The number of aromatic nitrogens is 1. The number of carbonyl (C=O) groups excluding carboxylic acids is 1. The molecule has 1 N–H and O–H groups in total. The molecule has 122 valence electrons. The van der Waals surface area contributed by atoms with Crippen LogP contribution in [0.2, 0.25) is 0 Å². The number of ether oxygens (including phenoxy) is 1. The molecule has 0 spiro atoms. The summed E-state index contributed by atoms with van der Waals surface area (Å²) in [4.78, 5) is 17.1. The first-order chi connectivity index (χ1) is 11.1. The molecule has 0 saturated carbocycles. The molecule has 1 aliphatic rings. The lowest BCUT2D eigenvalue weighted by Gasteiger charge is -2.32. The molecule has 1 amide bonds. The number of amides is 1. The molecule has 0 aliphatic carbocycles. The topological polar surface area (TPSA) is 51.2 Å². The van der Waals surface area contributed by atoms with Gasteiger partial charge in [0.1, 0.15) is 4.88 Å². The summed E-state index contributed by atoms with van der Waals surface area (Å²) in [6.07, 6.45) is 2.18. The minimum Gasteiger partial charge on any atom is -0.373 e. The second-order valence-electron chi connectivity index (χ2n) is 6.08. The zero-order valence-corrected chi connectivity index (χ0v) is 14.4. The van der Waals surface area contributed by atoms with Crippen LogP contribution in [0, 0.1) is 19.8 Å². The predicted molar refractivity (Wildman–Crippen MR) is 91.8 cm³/mol. The van der Waals surface area contributed by atoms with Gasteiger partial charge in [-0.3, -0.25) is 4.79 Å². The zero-order chi connectivity index (χ0) is 16.2. The summed E-state index contributed by atoms with van der Waals surface area (Å²) in [5.41, 5.74) is 4.95. The Labute approximate surface area is 140 Å². The van der Waals surface area contributed by atoms with E-state index in [-0.39, 0.29) is 12.0 Å². The Kier molecular flexibility index (Phi) is 5.08. The van der Waals surface area contributed by atoms with E-state index in [0.29, 0.717) is 17.3 Å². The molecule has 5 heteroatoms. The van der Waals surface area contributed by atoms with E-state index in [0.717, 1.165) is 25.1 Å². The van der Waals surface area contributed by atoms with Crippen molar-refractivity contribution in [2.75, 3.05) is 13.2 Å². The van der Waals surface area contributed by atoms with Gasteiger partial charge in [0.15, 0.2) is 0 Å². The van der Waals surface area contributed by atoms with Crippen molar-refractivity contribution in [3.63, 3.8) is 0 Å². The summed E-state index contributed by atoms with van der Waals surface area (Å²) in [7, 11) is 0. The van der Waals surface area contributed by atoms with Gasteiger partial charge in [-0.1, -0.05) is 29.8 Å². The Bertz CT molecular complexity index is 666. The number of hydrogen-bond acceptors (Lipinski definition) is 4. The van der Waals surface area contributed by atoms with Gasteiger partial charge in [-0.2, -0.15) is 0 Å². The Morgan fingerprint density at radius 3 is 2.83 bits per heavy atom. The number of nitrogens with one attached hydrogen (secondary N) is 1. The second-order valence-corrected chi connectivity index (χ2v) is 6.94. The van der Waals surface area contributed by atoms with E-state index in [4.69, 9.17) is 4.74 Å². The van der Waals surface area contributed by atoms with Gasteiger partial charge in [-0.25, -0.2) is 4.98 Å². The second kappa shape index (κ2) is 7.23. The third kappa shape index (κ3) is 3.79. The quantitative estimate of drug-likeness (QED) is 0.931. The molecule has 3 rings (SSSR count). The normalized spacial score (nSPS) is 21.1. The Morgan fingerprint density at radius 2 is 2.13 bits per heavy atom. The van der Waals surface area contributed by atoms with E-state index in [1.54, 1.807) is 5.51 Å². The van der Waals surface area contributed by atoms with E-state index in [1.165, 1.54) is 22.5 Å². The van der Waals surface area contributed by atoms with Gasteiger partial charge in [0, 0.05) is 19.1 Å². The number of carbonyl (C=O) groups is 1. The Morgan fingerprint density at radius 1 is 1.35 bits per heavy atom. The first kappa shape index (κ1) is 16.1. The van der Waals surface area contributed by atoms with Crippen LogP contribution in [0.5, 0.6) is 0 Å². The average Bonchev–Trinajstić information content (AvgIpc) is 3.00. The summed E-state index contributed by atoms with van der Waals surface area (Å²) in [5, 5.41) is 3.06. The summed E-state index contributed by atoms with van der Waals surface area (Å²) in [6.45, 7) is 5.37. The van der Waals surface area contributed by atoms with Crippen molar-refractivity contribution in [2.45, 2.75) is 32.8 Å². The summed E-state index contributed by atoms with van der Waals surface area (Å²) < 4.78 is 6.00. The first-order valence-electron chi connectivity index (χ1n) is 8.01. The maximum atomic E-state index is 12.3. The van der Waals surface area contributed by atoms with Crippen LogP contribution in [0.25, 0.3) is 0 Å². The lowest BCUT2D eigenvalue weighted by molar-refractivity contribution is -0.0272. The smallest absolute Gasteiger partial charge is 0.263 e. The Hall–Kier alpha value is -1.72. The maximum absolute atomic E-state index is 12.3. The van der Waals surface area contributed by atoms with Gasteiger partial charge in [0.05, 0.1) is 17.3 Å². The van der Waals surface area contributed by atoms with Crippen molar-refractivity contribution in [2.24, 2.45) is 5.92 Å². The van der Waals surface area contributed by atoms with Crippen molar-refractivity contribution in [3.05, 3.63) is 51.5 Å². The van der Waals surface area contributed by atoms with Crippen LogP contribution >= 0.6 is 11.3 Å². The zero-order valence-electron chi connectivity index (χ0n) is 13.5. The summed E-state index contributed by atoms with van der Waals surface area (Å²) >= 11 is 1.39. The molecule has 0 bridgehead atoms. The molecule has 2 atom stereocenters. The highest BCUT2D eigenvalue weighted by atomic mass is 32.1. The third-order valence-corrected chi connectivity index (χ3v) is 5.25. The fourth-order valence-electron chi connectivity index (χ4n) is 3.00. The molecule has 1 saturated heterocycles. The SMILES string of the molecule is Cc1ccc(C2OCCCC2CNC(=O)c2scnc2C)cc1. The molecule has 0 radical (unpaired) electrons. The molecule has 2 heterocycles. The van der Waals surface area contributed by atoms with E-state index in [2.05, 4.69) is 41.5 Å². The highest BCUT2D eigenvalue weighted by molar-refractivity contribution is 7.11. The minimum atomic E-state index is -0.0294. The van der Waals surface area contributed by atoms with Crippen molar-refractivity contribution in [3.8, 4) is 0 Å². The van der Waals surface area contributed by atoms with Gasteiger partial charge in [-0.05, 0) is 32.3 Å². The molecule has 1 aromatic carbocycles. The fraction of sp³-hybridized carbons (Fsp3) is 0.444. The van der Waals surface area contributed by atoms with Crippen molar-refractivity contribution >= 4 is 17.2 Å². The maximum Gasteiger partial charge on any atom is 0.263 e. The van der Waals surface area contributed by atoms with Crippen molar-refractivity contribution in [1.29, 1.82) is 0 Å². The number of aryl methyl sites for hydroxylation is 2. The highest BCUT2D eigenvalue weighted by Crippen LogP contribution is 2.33. The number of rotatable bonds is 4. The molecule has 1 aromatic heterocycles. The van der Waals surface area contributed by atoms with Crippen LogP contribution in [-0.4, -0.2) is 24.0 Å². The van der Waals surface area contributed by atoms with Gasteiger partial charge < -0.3 is 10.1 Å². The van der Waals surface area contributed by atoms with Gasteiger partial charge in [0.2, 0.25) is 0 Å². The molecule has 2 unspecified atom stereocenters. The predicted octanol–water partition coefficient (Wildman–Crippen LogP) is 3.66. The van der Waals surface area contributed by atoms with Crippen molar-refractivity contribution in [1.82, 2.24) is 10.3 Å². The van der Waals surface area contributed by atoms with E-state index >= 15 is 0 Å². The summed E-state index contributed by atoms with van der Waals surface area (Å²) in [6, 6.07) is 8.49. The standard InChI is InChI=1S/C18H22N2O2S/c1-12-5-7-14(8-6-12)16-15(4-3-9-22-16)10-19-18(21)17-13(2)20-11-23-17/h5-8,11,15-16H,3-4,9-10H2,1-2H3,(H,19,21). The molecule has 4 nitrogen and oxygen atoms in total. The van der Waals surface area contributed by atoms with E-state index in [1.807, 2.05) is 6.92 Å². The fourth-order valence-corrected chi connectivity index (χ4v) is 3.72.